The van der Waals surface area contributed by atoms with Crippen LogP contribution in [0.5, 0.6) is 0 Å². The average Bonchev–Trinajstić information content (AvgIpc) is 2.01. The standard InChI is InChI=1S/C10H13NO3/c1-7-5-9(6-8(2)12)3-4-10(7)11(13)14/h3-5,8,12H,6H2,1-2H3. The van der Waals surface area contributed by atoms with Crippen molar-refractivity contribution in [1.82, 2.24) is 0 Å². The first-order valence-corrected chi connectivity index (χ1v) is 4.42. The maximum atomic E-state index is 10.5. The Balaban J connectivity index is 2.94. The quantitative estimate of drug-likeness (QED) is 0.591. The number of rotatable bonds is 3. The van der Waals surface area contributed by atoms with Crippen LogP contribution in [0.2, 0.25) is 0 Å². The summed E-state index contributed by atoms with van der Waals surface area (Å²) in [6.07, 6.45) is 0.106. The molecule has 1 unspecified atom stereocenters. The molecule has 0 fully saturated rings. The van der Waals surface area contributed by atoms with Crippen LogP contribution in [0.3, 0.4) is 0 Å². The van der Waals surface area contributed by atoms with Gasteiger partial charge in [0.05, 0.1) is 11.0 Å². The third-order valence-electron chi connectivity index (χ3n) is 1.99. The predicted octanol–water partition coefficient (Wildman–Crippen LogP) is 1.83. The normalized spacial score (nSPS) is 12.5. The van der Waals surface area contributed by atoms with E-state index in [1.807, 2.05) is 0 Å². The Bertz CT molecular complexity index is 347. The summed E-state index contributed by atoms with van der Waals surface area (Å²) in [5, 5.41) is 19.7. The van der Waals surface area contributed by atoms with E-state index < -0.39 is 11.0 Å². The highest BCUT2D eigenvalue weighted by atomic mass is 16.6. The van der Waals surface area contributed by atoms with Gasteiger partial charge in [-0.05, 0) is 31.9 Å². The van der Waals surface area contributed by atoms with Crippen LogP contribution in [0.25, 0.3) is 0 Å². The minimum absolute atomic E-state index is 0.124. The van der Waals surface area contributed by atoms with E-state index in [1.165, 1.54) is 6.07 Å². The predicted molar refractivity (Wildman–Crippen MR) is 53.2 cm³/mol. The minimum atomic E-state index is -0.421. The zero-order valence-electron chi connectivity index (χ0n) is 8.23. The maximum absolute atomic E-state index is 10.5. The second-order valence-electron chi connectivity index (χ2n) is 3.43. The molecule has 1 rings (SSSR count). The number of aryl methyl sites for hydroxylation is 1. The topological polar surface area (TPSA) is 63.4 Å². The van der Waals surface area contributed by atoms with E-state index in [9.17, 15) is 10.1 Å². The molecule has 0 aliphatic rings. The van der Waals surface area contributed by atoms with Crippen molar-refractivity contribution in [2.45, 2.75) is 26.4 Å². The summed E-state index contributed by atoms with van der Waals surface area (Å²) in [6, 6.07) is 4.90. The van der Waals surface area contributed by atoms with E-state index >= 15 is 0 Å². The lowest BCUT2D eigenvalue weighted by molar-refractivity contribution is -0.385. The van der Waals surface area contributed by atoms with Gasteiger partial charge in [-0.25, -0.2) is 0 Å². The summed E-state index contributed by atoms with van der Waals surface area (Å²) in [5.74, 6) is 0. The van der Waals surface area contributed by atoms with Crippen LogP contribution < -0.4 is 0 Å². The number of nitrogens with zero attached hydrogens (tertiary/aromatic N) is 1. The Hall–Kier alpha value is -1.42. The van der Waals surface area contributed by atoms with Crippen LogP contribution in [0.15, 0.2) is 18.2 Å². The lowest BCUT2D eigenvalue weighted by atomic mass is 10.1. The van der Waals surface area contributed by atoms with Crippen molar-refractivity contribution in [3.05, 3.63) is 39.4 Å². The average molecular weight is 195 g/mol. The third kappa shape index (κ3) is 2.53. The van der Waals surface area contributed by atoms with Gasteiger partial charge in [0.25, 0.3) is 5.69 Å². The van der Waals surface area contributed by atoms with Crippen LogP contribution >= 0.6 is 0 Å². The molecular weight excluding hydrogens is 182 g/mol. The Kier molecular flexibility index (Phi) is 3.19. The summed E-state index contributed by atoms with van der Waals surface area (Å²) >= 11 is 0. The molecule has 0 heterocycles. The van der Waals surface area contributed by atoms with Gasteiger partial charge in [-0.1, -0.05) is 6.07 Å². The number of hydrogen-bond donors (Lipinski definition) is 1. The highest BCUT2D eigenvalue weighted by Crippen LogP contribution is 2.19. The van der Waals surface area contributed by atoms with E-state index in [-0.39, 0.29) is 5.69 Å². The van der Waals surface area contributed by atoms with Crippen molar-refractivity contribution in [3.8, 4) is 0 Å². The summed E-state index contributed by atoms with van der Waals surface area (Å²) in [5.41, 5.74) is 1.68. The van der Waals surface area contributed by atoms with Gasteiger partial charge in [-0.2, -0.15) is 0 Å². The van der Waals surface area contributed by atoms with Crippen LogP contribution in [-0.4, -0.2) is 16.1 Å². The van der Waals surface area contributed by atoms with Gasteiger partial charge in [0.1, 0.15) is 0 Å². The molecule has 0 spiro atoms. The van der Waals surface area contributed by atoms with Crippen LogP contribution in [-0.2, 0) is 6.42 Å². The Morgan fingerprint density at radius 3 is 2.64 bits per heavy atom. The van der Waals surface area contributed by atoms with Gasteiger partial charge in [0, 0.05) is 11.6 Å². The molecule has 0 aliphatic carbocycles. The first-order chi connectivity index (χ1) is 6.50. The molecule has 0 saturated carbocycles. The SMILES string of the molecule is Cc1cc(CC(C)O)ccc1[N+](=O)[O-]. The molecule has 4 nitrogen and oxygen atoms in total. The van der Waals surface area contributed by atoms with Gasteiger partial charge in [-0.3, -0.25) is 10.1 Å². The molecule has 0 bridgehead atoms. The lowest BCUT2D eigenvalue weighted by Crippen LogP contribution is -2.04. The summed E-state index contributed by atoms with van der Waals surface area (Å²) < 4.78 is 0. The van der Waals surface area contributed by atoms with Gasteiger partial charge in [0.15, 0.2) is 0 Å². The number of hydrogen-bond acceptors (Lipinski definition) is 3. The van der Waals surface area contributed by atoms with E-state index in [0.717, 1.165) is 5.56 Å². The Morgan fingerprint density at radius 1 is 1.57 bits per heavy atom. The smallest absolute Gasteiger partial charge is 0.272 e. The molecule has 0 aliphatic heterocycles. The molecule has 14 heavy (non-hydrogen) atoms. The molecule has 1 aromatic rings. The van der Waals surface area contributed by atoms with Gasteiger partial charge in [-0.15, -0.1) is 0 Å². The second kappa shape index (κ2) is 4.19. The molecular formula is C10H13NO3. The van der Waals surface area contributed by atoms with E-state index in [4.69, 9.17) is 5.11 Å². The number of nitro benzene ring substituents is 1. The zero-order chi connectivity index (χ0) is 10.7. The van der Waals surface area contributed by atoms with Crippen molar-refractivity contribution in [2.24, 2.45) is 0 Å². The number of nitro groups is 1. The lowest BCUT2D eigenvalue weighted by Gasteiger charge is -2.05. The molecule has 0 amide bonds. The summed E-state index contributed by atoms with van der Waals surface area (Å²) in [6.45, 7) is 3.39. The zero-order valence-corrected chi connectivity index (χ0v) is 8.23. The van der Waals surface area contributed by atoms with Crippen LogP contribution in [0.1, 0.15) is 18.1 Å². The molecule has 0 radical (unpaired) electrons. The van der Waals surface area contributed by atoms with Crippen molar-refractivity contribution in [3.63, 3.8) is 0 Å². The van der Waals surface area contributed by atoms with Crippen LogP contribution in [0, 0.1) is 17.0 Å². The van der Waals surface area contributed by atoms with Gasteiger partial charge >= 0.3 is 0 Å². The third-order valence-corrected chi connectivity index (χ3v) is 1.99. The molecule has 1 atom stereocenters. The largest absolute Gasteiger partial charge is 0.393 e. The van der Waals surface area contributed by atoms with E-state index in [1.54, 1.807) is 26.0 Å². The molecule has 0 aromatic heterocycles. The Labute approximate surface area is 82.3 Å². The van der Waals surface area contributed by atoms with Crippen molar-refractivity contribution in [1.29, 1.82) is 0 Å². The molecule has 76 valence electrons. The molecule has 4 heteroatoms. The fourth-order valence-electron chi connectivity index (χ4n) is 1.39. The van der Waals surface area contributed by atoms with Crippen LogP contribution in [0.4, 0.5) is 5.69 Å². The fraction of sp³-hybridized carbons (Fsp3) is 0.400. The van der Waals surface area contributed by atoms with Crippen molar-refractivity contribution >= 4 is 5.69 Å². The van der Waals surface area contributed by atoms with E-state index in [0.29, 0.717) is 12.0 Å². The molecule has 1 aromatic carbocycles. The number of aliphatic hydroxyl groups excluding tert-OH is 1. The summed E-state index contributed by atoms with van der Waals surface area (Å²) in [7, 11) is 0. The first-order valence-electron chi connectivity index (χ1n) is 4.42. The Morgan fingerprint density at radius 2 is 2.21 bits per heavy atom. The maximum Gasteiger partial charge on any atom is 0.272 e. The molecule has 1 N–H and O–H groups in total. The summed E-state index contributed by atoms with van der Waals surface area (Å²) in [4.78, 5) is 10.1. The van der Waals surface area contributed by atoms with Crippen molar-refractivity contribution < 1.29 is 10.0 Å². The first kappa shape index (κ1) is 10.7. The fourth-order valence-corrected chi connectivity index (χ4v) is 1.39. The monoisotopic (exact) mass is 195 g/mol. The highest BCUT2D eigenvalue weighted by molar-refractivity contribution is 5.41. The number of benzene rings is 1. The molecule has 0 saturated heterocycles. The van der Waals surface area contributed by atoms with Crippen molar-refractivity contribution in [2.75, 3.05) is 0 Å². The van der Waals surface area contributed by atoms with Gasteiger partial charge in [0.2, 0.25) is 0 Å². The van der Waals surface area contributed by atoms with E-state index in [2.05, 4.69) is 0 Å². The second-order valence-corrected chi connectivity index (χ2v) is 3.43. The minimum Gasteiger partial charge on any atom is -0.393 e. The number of aliphatic hydroxyl groups is 1. The van der Waals surface area contributed by atoms with Gasteiger partial charge < -0.3 is 5.11 Å². The highest BCUT2D eigenvalue weighted by Gasteiger charge is 2.10.